The zero-order valence-electron chi connectivity index (χ0n) is 10.8. The molecule has 0 radical (unpaired) electrons. The van der Waals surface area contributed by atoms with Crippen LogP contribution in [-0.2, 0) is 0 Å². The highest BCUT2D eigenvalue weighted by Gasteiger charge is 2.07. The Bertz CT molecular complexity index is 748. The molecule has 0 bridgehead atoms. The van der Waals surface area contributed by atoms with Gasteiger partial charge >= 0.3 is 0 Å². The van der Waals surface area contributed by atoms with E-state index in [0.717, 1.165) is 28.2 Å². The lowest BCUT2D eigenvalue weighted by Crippen LogP contribution is -1.93. The summed E-state index contributed by atoms with van der Waals surface area (Å²) in [6.45, 7) is 1.94. The summed E-state index contributed by atoms with van der Waals surface area (Å²) in [5.74, 6) is 1.34. The van der Waals surface area contributed by atoms with E-state index >= 15 is 0 Å². The average molecular weight is 254 g/mol. The number of hydrogen-bond donors (Lipinski definition) is 1. The van der Waals surface area contributed by atoms with Crippen LogP contribution in [0.4, 0.5) is 5.82 Å². The second-order valence-corrected chi connectivity index (χ2v) is 4.39. The van der Waals surface area contributed by atoms with Gasteiger partial charge in [-0.1, -0.05) is 0 Å². The van der Waals surface area contributed by atoms with Gasteiger partial charge in [-0.25, -0.2) is 9.97 Å². The molecule has 3 rings (SSSR count). The van der Waals surface area contributed by atoms with Crippen LogP contribution in [0.3, 0.4) is 0 Å². The third-order valence-electron chi connectivity index (χ3n) is 3.07. The lowest BCUT2D eigenvalue weighted by molar-refractivity contribution is 0.412. The fourth-order valence-electron chi connectivity index (χ4n) is 1.96. The fraction of sp³-hybridized carbons (Fsp3) is 0.143. The molecule has 96 valence electrons. The highest BCUT2D eigenvalue weighted by Crippen LogP contribution is 2.22. The Kier molecular flexibility index (Phi) is 2.59. The molecule has 5 nitrogen and oxygen atoms in total. The van der Waals surface area contributed by atoms with Crippen LogP contribution >= 0.6 is 0 Å². The lowest BCUT2D eigenvalue weighted by atomic mass is 10.1. The molecule has 5 heteroatoms. The molecule has 0 saturated carbocycles. The first-order chi connectivity index (χ1) is 9.17. The summed E-state index contributed by atoms with van der Waals surface area (Å²) in [5, 5.41) is 0. The maximum atomic E-state index is 5.73. The van der Waals surface area contributed by atoms with Crippen molar-refractivity contribution in [3.63, 3.8) is 0 Å². The largest absolute Gasteiger partial charge is 0.495 e. The zero-order chi connectivity index (χ0) is 13.4. The van der Waals surface area contributed by atoms with Crippen molar-refractivity contribution < 1.29 is 4.74 Å². The first-order valence-electron chi connectivity index (χ1n) is 5.92. The van der Waals surface area contributed by atoms with Gasteiger partial charge in [-0.15, -0.1) is 0 Å². The number of methoxy groups -OCH3 is 1. The second kappa shape index (κ2) is 4.28. The minimum absolute atomic E-state index is 0.550. The summed E-state index contributed by atoms with van der Waals surface area (Å²) in [4.78, 5) is 8.72. The molecule has 0 aliphatic carbocycles. The van der Waals surface area contributed by atoms with Crippen LogP contribution < -0.4 is 10.5 Å². The van der Waals surface area contributed by atoms with Crippen molar-refractivity contribution in [3.8, 4) is 17.0 Å². The Morgan fingerprint density at radius 2 is 2.11 bits per heavy atom. The van der Waals surface area contributed by atoms with Crippen molar-refractivity contribution in [1.82, 2.24) is 14.4 Å². The van der Waals surface area contributed by atoms with E-state index in [9.17, 15) is 0 Å². The number of anilines is 1. The minimum atomic E-state index is 0.550. The highest BCUT2D eigenvalue weighted by molar-refractivity contribution is 5.64. The van der Waals surface area contributed by atoms with Crippen molar-refractivity contribution in [2.45, 2.75) is 6.92 Å². The average Bonchev–Trinajstić information content (AvgIpc) is 2.84. The molecular formula is C14H14N4O. The van der Waals surface area contributed by atoms with Crippen LogP contribution in [0.1, 0.15) is 5.56 Å². The van der Waals surface area contributed by atoms with Gasteiger partial charge in [0.2, 0.25) is 0 Å². The van der Waals surface area contributed by atoms with E-state index in [-0.39, 0.29) is 0 Å². The van der Waals surface area contributed by atoms with Crippen molar-refractivity contribution in [2.24, 2.45) is 0 Å². The van der Waals surface area contributed by atoms with E-state index in [0.29, 0.717) is 5.82 Å². The quantitative estimate of drug-likeness (QED) is 0.762. The summed E-state index contributed by atoms with van der Waals surface area (Å²) in [6, 6.07) is 5.79. The van der Waals surface area contributed by atoms with Gasteiger partial charge in [0, 0.05) is 18.0 Å². The van der Waals surface area contributed by atoms with Crippen molar-refractivity contribution in [1.29, 1.82) is 0 Å². The van der Waals surface area contributed by atoms with Crippen LogP contribution in [0.15, 0.2) is 36.8 Å². The normalized spacial score (nSPS) is 10.8. The smallest absolute Gasteiger partial charge is 0.137 e. The van der Waals surface area contributed by atoms with Crippen molar-refractivity contribution in [2.75, 3.05) is 12.8 Å². The number of nitrogens with zero attached hydrogens (tertiary/aromatic N) is 3. The van der Waals surface area contributed by atoms with Crippen molar-refractivity contribution >= 4 is 11.5 Å². The van der Waals surface area contributed by atoms with Gasteiger partial charge in [-0.3, -0.25) is 0 Å². The van der Waals surface area contributed by atoms with Crippen molar-refractivity contribution in [3.05, 3.63) is 42.4 Å². The Morgan fingerprint density at radius 3 is 2.84 bits per heavy atom. The molecule has 0 aromatic carbocycles. The molecule has 0 aliphatic heterocycles. The number of aryl methyl sites for hydroxylation is 1. The van der Waals surface area contributed by atoms with Crippen LogP contribution in [0.2, 0.25) is 0 Å². The molecular weight excluding hydrogens is 240 g/mol. The predicted molar refractivity (Wildman–Crippen MR) is 74.1 cm³/mol. The summed E-state index contributed by atoms with van der Waals surface area (Å²) in [7, 11) is 1.65. The number of pyridine rings is 2. The third kappa shape index (κ3) is 1.99. The Morgan fingerprint density at radius 1 is 1.26 bits per heavy atom. The molecule has 0 saturated heterocycles. The van der Waals surface area contributed by atoms with E-state index in [1.165, 1.54) is 0 Å². The number of ether oxygens (including phenoxy) is 1. The number of rotatable bonds is 2. The zero-order valence-corrected chi connectivity index (χ0v) is 10.8. The standard InChI is InChI=1S/C14H14N4O/c1-9-5-10(6-16-14(9)15)12-8-18-7-11(19-2)3-4-13(18)17-12/h3-8H,1-2H3,(H2,15,16). The predicted octanol–water partition coefficient (Wildman–Crippen LogP) is 2.30. The molecule has 19 heavy (non-hydrogen) atoms. The number of imidazole rings is 1. The van der Waals surface area contributed by atoms with Gasteiger partial charge < -0.3 is 14.9 Å². The van der Waals surface area contributed by atoms with E-state index < -0.39 is 0 Å². The molecule has 2 N–H and O–H groups in total. The number of hydrogen-bond acceptors (Lipinski definition) is 4. The Labute approximate surface area is 110 Å². The summed E-state index contributed by atoms with van der Waals surface area (Å²) < 4.78 is 7.13. The highest BCUT2D eigenvalue weighted by atomic mass is 16.5. The molecule has 0 atom stereocenters. The molecule has 0 fully saturated rings. The molecule has 3 heterocycles. The molecule has 3 aromatic heterocycles. The molecule has 0 unspecified atom stereocenters. The van der Waals surface area contributed by atoms with Crippen LogP contribution in [0, 0.1) is 6.92 Å². The minimum Gasteiger partial charge on any atom is -0.495 e. The SMILES string of the molecule is COc1ccc2nc(-c3cnc(N)c(C)c3)cn2c1. The maximum Gasteiger partial charge on any atom is 0.137 e. The number of aromatic nitrogens is 3. The van der Waals surface area contributed by atoms with Gasteiger partial charge in [0.25, 0.3) is 0 Å². The number of nitrogens with two attached hydrogens (primary N) is 1. The van der Waals surface area contributed by atoms with E-state index in [1.807, 2.05) is 41.9 Å². The molecule has 0 aliphatic rings. The molecule has 0 spiro atoms. The van der Waals surface area contributed by atoms with Crippen LogP contribution in [0.25, 0.3) is 16.9 Å². The number of fused-ring (bicyclic) bond motifs is 1. The van der Waals surface area contributed by atoms with Gasteiger partial charge in [-0.2, -0.15) is 0 Å². The summed E-state index contributed by atoms with van der Waals surface area (Å²) in [6.07, 6.45) is 5.58. The topological polar surface area (TPSA) is 65.4 Å². The van der Waals surface area contributed by atoms with Crippen LogP contribution in [0.5, 0.6) is 5.75 Å². The second-order valence-electron chi connectivity index (χ2n) is 4.39. The fourth-order valence-corrected chi connectivity index (χ4v) is 1.96. The van der Waals surface area contributed by atoms with E-state index in [4.69, 9.17) is 10.5 Å². The Balaban J connectivity index is 2.11. The van der Waals surface area contributed by atoms with E-state index in [1.54, 1.807) is 13.3 Å². The van der Waals surface area contributed by atoms with Crippen LogP contribution in [-0.4, -0.2) is 21.5 Å². The lowest BCUT2D eigenvalue weighted by Gasteiger charge is -2.00. The van der Waals surface area contributed by atoms with Gasteiger partial charge in [0.05, 0.1) is 19.0 Å². The van der Waals surface area contributed by atoms with E-state index in [2.05, 4.69) is 9.97 Å². The molecule has 0 amide bonds. The first kappa shape index (κ1) is 11.5. The summed E-state index contributed by atoms with van der Waals surface area (Å²) in [5.41, 5.74) is 9.36. The summed E-state index contributed by atoms with van der Waals surface area (Å²) >= 11 is 0. The first-order valence-corrected chi connectivity index (χ1v) is 5.92. The van der Waals surface area contributed by atoms with Gasteiger partial charge in [0.1, 0.15) is 17.2 Å². The Hall–Kier alpha value is -2.56. The maximum absolute atomic E-state index is 5.73. The van der Waals surface area contributed by atoms with Gasteiger partial charge in [0.15, 0.2) is 0 Å². The molecule has 3 aromatic rings. The monoisotopic (exact) mass is 254 g/mol. The number of nitrogen functional groups attached to an aromatic ring is 1. The van der Waals surface area contributed by atoms with Gasteiger partial charge in [-0.05, 0) is 30.7 Å². The third-order valence-corrected chi connectivity index (χ3v) is 3.07.